The van der Waals surface area contributed by atoms with Crippen LogP contribution in [0.4, 0.5) is 11.6 Å². The smallest absolute Gasteiger partial charge is 0.208 e. The van der Waals surface area contributed by atoms with Gasteiger partial charge in [0, 0.05) is 11.7 Å². The summed E-state index contributed by atoms with van der Waals surface area (Å²) in [4.78, 5) is 4.93. The van der Waals surface area contributed by atoms with E-state index in [2.05, 4.69) is 86.1 Å². The van der Waals surface area contributed by atoms with Gasteiger partial charge in [0.2, 0.25) is 5.95 Å². The number of imidazole rings is 1. The Hall–Kier alpha value is -2.29. The number of para-hydroxylation sites is 2. The summed E-state index contributed by atoms with van der Waals surface area (Å²) in [5.74, 6) is 1.70. The quantitative estimate of drug-likeness (QED) is 0.588. The number of aromatic nitrogens is 2. The maximum Gasteiger partial charge on any atom is 0.208 e. The van der Waals surface area contributed by atoms with Crippen molar-refractivity contribution in [2.45, 2.75) is 53.0 Å². The molecule has 2 unspecified atom stereocenters. The van der Waals surface area contributed by atoms with Crippen LogP contribution in [0, 0.1) is 18.3 Å². The van der Waals surface area contributed by atoms with Crippen LogP contribution in [0.15, 0.2) is 48.5 Å². The summed E-state index contributed by atoms with van der Waals surface area (Å²) >= 11 is 0. The molecule has 3 heteroatoms. The number of benzene rings is 2. The van der Waals surface area contributed by atoms with Crippen molar-refractivity contribution in [1.29, 1.82) is 0 Å². The maximum absolute atomic E-state index is 4.93. The molecule has 26 heavy (non-hydrogen) atoms. The van der Waals surface area contributed by atoms with E-state index >= 15 is 0 Å². The molecule has 0 radical (unpaired) electrons. The van der Waals surface area contributed by atoms with Crippen molar-refractivity contribution in [3.05, 3.63) is 54.1 Å². The van der Waals surface area contributed by atoms with Gasteiger partial charge in [-0.1, -0.05) is 50.6 Å². The molecule has 1 N–H and O–H groups in total. The van der Waals surface area contributed by atoms with E-state index in [4.69, 9.17) is 4.98 Å². The second-order valence-corrected chi connectivity index (χ2v) is 8.85. The van der Waals surface area contributed by atoms with Crippen LogP contribution in [0.5, 0.6) is 0 Å². The molecular weight excluding hydrogens is 318 g/mol. The molecule has 1 heterocycles. The Morgan fingerprint density at radius 1 is 1.04 bits per heavy atom. The lowest BCUT2D eigenvalue weighted by molar-refractivity contribution is 0.140. The van der Waals surface area contributed by atoms with Gasteiger partial charge < -0.3 is 9.88 Å². The van der Waals surface area contributed by atoms with E-state index in [1.165, 1.54) is 30.3 Å². The monoisotopic (exact) mass is 347 g/mol. The van der Waals surface area contributed by atoms with Gasteiger partial charge in [-0.15, -0.1) is 0 Å². The van der Waals surface area contributed by atoms with Crippen LogP contribution in [0.1, 0.15) is 51.6 Å². The summed E-state index contributed by atoms with van der Waals surface area (Å²) in [6, 6.07) is 17.5. The number of nitrogens with one attached hydrogen (secondary N) is 1. The number of anilines is 2. The van der Waals surface area contributed by atoms with E-state index in [-0.39, 0.29) is 0 Å². The van der Waals surface area contributed by atoms with Crippen LogP contribution in [0.3, 0.4) is 0 Å². The molecule has 0 amide bonds. The van der Waals surface area contributed by atoms with Gasteiger partial charge in [0.15, 0.2) is 0 Å². The van der Waals surface area contributed by atoms with E-state index in [1.807, 2.05) is 0 Å². The lowest BCUT2D eigenvalue weighted by Gasteiger charge is -2.40. The Morgan fingerprint density at radius 3 is 2.50 bits per heavy atom. The number of aryl methyl sites for hydroxylation is 1. The van der Waals surface area contributed by atoms with Crippen LogP contribution in [-0.4, -0.2) is 9.55 Å². The molecule has 0 bridgehead atoms. The largest absolute Gasteiger partial charge is 0.326 e. The van der Waals surface area contributed by atoms with Crippen LogP contribution in [0.2, 0.25) is 0 Å². The summed E-state index contributed by atoms with van der Waals surface area (Å²) in [7, 11) is 0. The van der Waals surface area contributed by atoms with E-state index in [0.29, 0.717) is 11.5 Å². The Balaban J connectivity index is 1.77. The number of fused-ring (bicyclic) bond motifs is 1. The summed E-state index contributed by atoms with van der Waals surface area (Å²) in [5.41, 5.74) is 5.03. The fraction of sp³-hybridized carbons (Fsp3) is 0.435. The molecular formula is C23H29N3. The normalized spacial score (nSPS) is 22.5. The molecule has 136 valence electrons. The van der Waals surface area contributed by atoms with Crippen molar-refractivity contribution in [3.8, 4) is 0 Å². The molecule has 0 saturated heterocycles. The third-order valence-corrected chi connectivity index (χ3v) is 5.63. The first-order chi connectivity index (χ1) is 12.4. The molecule has 1 aliphatic carbocycles. The highest BCUT2D eigenvalue weighted by Crippen LogP contribution is 2.45. The minimum Gasteiger partial charge on any atom is -0.326 e. The van der Waals surface area contributed by atoms with E-state index < -0.39 is 0 Å². The third kappa shape index (κ3) is 3.35. The predicted octanol–water partition coefficient (Wildman–Crippen LogP) is 6.48. The van der Waals surface area contributed by atoms with Gasteiger partial charge >= 0.3 is 0 Å². The SMILES string of the molecule is Cc1ccc(Nc2nc3ccccc3n2C2CC(C)CC(C)(C)C2)cc1. The van der Waals surface area contributed by atoms with Crippen LogP contribution in [-0.2, 0) is 0 Å². The van der Waals surface area contributed by atoms with Crippen LogP contribution in [0.25, 0.3) is 11.0 Å². The Bertz CT molecular complexity index is 905. The minimum atomic E-state index is 0.370. The van der Waals surface area contributed by atoms with Gasteiger partial charge in [0.25, 0.3) is 0 Å². The van der Waals surface area contributed by atoms with Crippen molar-refractivity contribution in [2.24, 2.45) is 11.3 Å². The molecule has 2 atom stereocenters. The Kier molecular flexibility index (Phi) is 4.26. The highest BCUT2D eigenvalue weighted by atomic mass is 15.2. The average Bonchev–Trinajstić information content (AvgIpc) is 2.93. The predicted molar refractivity (Wildman–Crippen MR) is 110 cm³/mol. The second kappa shape index (κ2) is 6.46. The second-order valence-electron chi connectivity index (χ2n) is 8.85. The lowest BCUT2D eigenvalue weighted by atomic mass is 9.70. The van der Waals surface area contributed by atoms with Crippen molar-refractivity contribution in [2.75, 3.05) is 5.32 Å². The van der Waals surface area contributed by atoms with Gasteiger partial charge in [0.1, 0.15) is 0 Å². The van der Waals surface area contributed by atoms with Gasteiger partial charge in [-0.3, -0.25) is 0 Å². The van der Waals surface area contributed by atoms with E-state index in [1.54, 1.807) is 0 Å². The number of rotatable bonds is 3. The maximum atomic E-state index is 4.93. The fourth-order valence-electron chi connectivity index (χ4n) is 4.76. The molecule has 1 saturated carbocycles. The van der Waals surface area contributed by atoms with Crippen LogP contribution < -0.4 is 5.32 Å². The summed E-state index contributed by atoms with van der Waals surface area (Å²) in [6.07, 6.45) is 3.71. The number of hydrogen-bond acceptors (Lipinski definition) is 2. The molecule has 3 nitrogen and oxygen atoms in total. The zero-order valence-corrected chi connectivity index (χ0v) is 16.3. The fourth-order valence-corrected chi connectivity index (χ4v) is 4.76. The lowest BCUT2D eigenvalue weighted by Crippen LogP contribution is -2.29. The van der Waals surface area contributed by atoms with Crippen molar-refractivity contribution < 1.29 is 0 Å². The molecule has 1 aromatic heterocycles. The first-order valence-corrected chi connectivity index (χ1v) is 9.72. The Labute approximate surface area is 156 Å². The molecule has 1 fully saturated rings. The summed E-state index contributed by atoms with van der Waals surface area (Å²) in [5, 5.41) is 3.58. The number of nitrogens with zero attached hydrogens (tertiary/aromatic N) is 2. The van der Waals surface area contributed by atoms with Crippen molar-refractivity contribution in [1.82, 2.24) is 9.55 Å². The topological polar surface area (TPSA) is 29.9 Å². The summed E-state index contributed by atoms with van der Waals surface area (Å²) in [6.45, 7) is 9.31. The molecule has 4 rings (SSSR count). The van der Waals surface area contributed by atoms with Crippen LogP contribution >= 0.6 is 0 Å². The van der Waals surface area contributed by atoms with E-state index in [0.717, 1.165) is 23.1 Å². The Morgan fingerprint density at radius 2 is 1.77 bits per heavy atom. The first kappa shape index (κ1) is 17.1. The minimum absolute atomic E-state index is 0.370. The van der Waals surface area contributed by atoms with Gasteiger partial charge in [-0.2, -0.15) is 0 Å². The zero-order valence-electron chi connectivity index (χ0n) is 16.3. The highest BCUT2D eigenvalue weighted by Gasteiger charge is 2.34. The average molecular weight is 348 g/mol. The molecule has 2 aromatic carbocycles. The van der Waals surface area contributed by atoms with Gasteiger partial charge in [0.05, 0.1) is 11.0 Å². The van der Waals surface area contributed by atoms with E-state index in [9.17, 15) is 0 Å². The number of hydrogen-bond donors (Lipinski definition) is 1. The molecule has 1 aliphatic rings. The molecule has 3 aromatic rings. The van der Waals surface area contributed by atoms with Crippen molar-refractivity contribution >= 4 is 22.7 Å². The molecule has 0 spiro atoms. The highest BCUT2D eigenvalue weighted by molar-refractivity contribution is 5.80. The van der Waals surface area contributed by atoms with Gasteiger partial charge in [-0.05, 0) is 61.8 Å². The first-order valence-electron chi connectivity index (χ1n) is 9.72. The zero-order chi connectivity index (χ0) is 18.3. The van der Waals surface area contributed by atoms with Gasteiger partial charge in [-0.25, -0.2) is 4.98 Å². The molecule has 0 aliphatic heterocycles. The van der Waals surface area contributed by atoms with Crippen molar-refractivity contribution in [3.63, 3.8) is 0 Å². The standard InChI is InChI=1S/C23H29N3/c1-16-9-11-18(12-10-16)24-22-25-20-7-5-6-8-21(20)26(22)19-13-17(2)14-23(3,4)15-19/h5-12,17,19H,13-15H2,1-4H3,(H,24,25). The summed E-state index contributed by atoms with van der Waals surface area (Å²) < 4.78 is 2.45. The third-order valence-electron chi connectivity index (χ3n) is 5.63.